The largest absolute Gasteiger partial charge is 0.381 e. The molecule has 2 aromatic carbocycles. The van der Waals surface area contributed by atoms with E-state index >= 15 is 0 Å². The summed E-state index contributed by atoms with van der Waals surface area (Å²) in [5, 5.41) is 5.72. The third-order valence-corrected chi connectivity index (χ3v) is 8.56. The van der Waals surface area contributed by atoms with Gasteiger partial charge in [-0.2, -0.15) is 9.97 Å². The van der Waals surface area contributed by atoms with Gasteiger partial charge in [0, 0.05) is 80.4 Å². The molecule has 12 heteroatoms. The number of morpholine rings is 1. The fourth-order valence-corrected chi connectivity index (χ4v) is 5.66. The molecule has 0 unspecified atom stereocenters. The number of aromatic nitrogens is 3. The summed E-state index contributed by atoms with van der Waals surface area (Å²) in [6.45, 7) is 8.58. The van der Waals surface area contributed by atoms with Crippen molar-refractivity contribution in [3.8, 4) is 11.4 Å². The van der Waals surface area contributed by atoms with Crippen LogP contribution in [0.15, 0.2) is 48.5 Å². The molecule has 44 heavy (non-hydrogen) atoms. The standard InChI is InChI=1S/C32H40N8O4/c1-22-21-40(14-13-38(22)2)30(41)25-5-9-27(10-6-25)34-32(42)33-26-7-3-23(4-8-26)28-35-29(24-11-17-43-18-12-24)37-31(36-28)39-15-19-44-20-16-39/h3-10,22,24H,11-21H2,1-2H3,(H2,33,34,42)/t22-/m0/s1. The second-order valence-corrected chi connectivity index (χ2v) is 11.6. The average Bonchev–Trinajstić information content (AvgIpc) is 3.07. The van der Waals surface area contributed by atoms with Gasteiger partial charge in [0.15, 0.2) is 5.82 Å². The minimum Gasteiger partial charge on any atom is -0.381 e. The van der Waals surface area contributed by atoms with Crippen LogP contribution >= 0.6 is 0 Å². The van der Waals surface area contributed by atoms with Crippen LogP contribution in [-0.4, -0.2) is 109 Å². The van der Waals surface area contributed by atoms with Crippen LogP contribution in [0.5, 0.6) is 0 Å². The molecule has 6 rings (SSSR count). The van der Waals surface area contributed by atoms with E-state index in [4.69, 9.17) is 24.4 Å². The molecule has 12 nitrogen and oxygen atoms in total. The van der Waals surface area contributed by atoms with Crippen LogP contribution in [0.25, 0.3) is 11.4 Å². The summed E-state index contributed by atoms with van der Waals surface area (Å²) in [4.78, 5) is 46.5. The number of anilines is 3. The fraction of sp³-hybridized carbons (Fsp3) is 0.469. The van der Waals surface area contributed by atoms with E-state index in [1.165, 1.54) is 0 Å². The lowest BCUT2D eigenvalue weighted by Gasteiger charge is -2.37. The Balaban J connectivity index is 1.09. The molecule has 3 amide bonds. The van der Waals surface area contributed by atoms with Crippen molar-refractivity contribution in [2.45, 2.75) is 31.7 Å². The highest BCUT2D eigenvalue weighted by Crippen LogP contribution is 2.28. The van der Waals surface area contributed by atoms with Gasteiger partial charge in [0.1, 0.15) is 5.82 Å². The van der Waals surface area contributed by atoms with Gasteiger partial charge in [-0.1, -0.05) is 0 Å². The SMILES string of the molecule is C[C@H]1CN(C(=O)c2ccc(NC(=O)Nc3ccc(-c4nc(C5CCOCC5)nc(N5CCOCC5)n4)cc3)cc2)CCN1C. The van der Waals surface area contributed by atoms with Crippen LogP contribution < -0.4 is 15.5 Å². The van der Waals surface area contributed by atoms with Crippen LogP contribution in [0.2, 0.25) is 0 Å². The van der Waals surface area contributed by atoms with Gasteiger partial charge in [-0.25, -0.2) is 9.78 Å². The number of carbonyl (C=O) groups excluding carboxylic acids is 2. The molecule has 3 saturated heterocycles. The first-order valence-electron chi connectivity index (χ1n) is 15.4. The molecule has 0 bridgehead atoms. The molecule has 0 spiro atoms. The lowest BCUT2D eigenvalue weighted by Crippen LogP contribution is -2.52. The van der Waals surface area contributed by atoms with Crippen molar-refractivity contribution in [1.82, 2.24) is 24.8 Å². The van der Waals surface area contributed by atoms with Gasteiger partial charge in [-0.15, -0.1) is 0 Å². The van der Waals surface area contributed by atoms with Gasteiger partial charge in [-0.3, -0.25) is 4.79 Å². The maximum absolute atomic E-state index is 12.9. The molecule has 3 aliphatic heterocycles. The second kappa shape index (κ2) is 13.7. The van der Waals surface area contributed by atoms with Crippen LogP contribution in [-0.2, 0) is 9.47 Å². The summed E-state index contributed by atoms with van der Waals surface area (Å²) < 4.78 is 11.1. The van der Waals surface area contributed by atoms with Crippen molar-refractivity contribution in [2.24, 2.45) is 0 Å². The Kier molecular flexibility index (Phi) is 9.29. The van der Waals surface area contributed by atoms with Crippen molar-refractivity contribution in [3.63, 3.8) is 0 Å². The number of urea groups is 1. The lowest BCUT2D eigenvalue weighted by atomic mass is 9.99. The number of rotatable bonds is 6. The van der Waals surface area contributed by atoms with Crippen molar-refractivity contribution in [3.05, 3.63) is 59.9 Å². The molecule has 2 N–H and O–H groups in total. The van der Waals surface area contributed by atoms with Crippen LogP contribution in [0, 0.1) is 0 Å². The number of hydrogen-bond acceptors (Lipinski definition) is 9. The average molecular weight is 601 g/mol. The van der Waals surface area contributed by atoms with E-state index in [0.29, 0.717) is 74.3 Å². The Bertz CT molecular complexity index is 1400. The molecule has 0 aliphatic carbocycles. The zero-order chi connectivity index (χ0) is 30.5. The molecule has 3 aromatic rings. The number of hydrogen-bond donors (Lipinski definition) is 2. The monoisotopic (exact) mass is 600 g/mol. The number of piperazine rings is 1. The van der Waals surface area contributed by atoms with E-state index in [1.807, 2.05) is 29.2 Å². The molecule has 3 fully saturated rings. The zero-order valence-corrected chi connectivity index (χ0v) is 25.4. The van der Waals surface area contributed by atoms with Gasteiger partial charge in [0.25, 0.3) is 5.91 Å². The number of nitrogens with one attached hydrogen (secondary N) is 2. The summed E-state index contributed by atoms with van der Waals surface area (Å²) in [5.74, 6) is 2.33. The zero-order valence-electron chi connectivity index (χ0n) is 25.4. The third kappa shape index (κ3) is 7.15. The Morgan fingerprint density at radius 3 is 2.09 bits per heavy atom. The van der Waals surface area contributed by atoms with E-state index in [1.54, 1.807) is 24.3 Å². The number of nitrogens with zero attached hydrogens (tertiary/aromatic N) is 6. The van der Waals surface area contributed by atoms with E-state index in [2.05, 4.69) is 34.4 Å². The van der Waals surface area contributed by atoms with E-state index in [0.717, 1.165) is 43.9 Å². The predicted molar refractivity (Wildman–Crippen MR) is 168 cm³/mol. The van der Waals surface area contributed by atoms with Crippen LogP contribution in [0.3, 0.4) is 0 Å². The topological polar surface area (TPSA) is 125 Å². The van der Waals surface area contributed by atoms with Crippen molar-refractivity contribution >= 4 is 29.3 Å². The smallest absolute Gasteiger partial charge is 0.323 e. The van der Waals surface area contributed by atoms with Crippen LogP contribution in [0.4, 0.5) is 22.1 Å². The van der Waals surface area contributed by atoms with E-state index in [-0.39, 0.29) is 17.9 Å². The lowest BCUT2D eigenvalue weighted by molar-refractivity contribution is 0.0572. The highest BCUT2D eigenvalue weighted by Gasteiger charge is 2.26. The third-order valence-electron chi connectivity index (χ3n) is 8.56. The number of benzene rings is 2. The Morgan fingerprint density at radius 2 is 1.43 bits per heavy atom. The fourth-order valence-electron chi connectivity index (χ4n) is 5.66. The first kappa shape index (κ1) is 29.9. The number of amides is 3. The van der Waals surface area contributed by atoms with Gasteiger partial charge in [0.2, 0.25) is 5.95 Å². The van der Waals surface area contributed by atoms with Crippen molar-refractivity contribution in [2.75, 3.05) is 81.7 Å². The van der Waals surface area contributed by atoms with Crippen molar-refractivity contribution in [1.29, 1.82) is 0 Å². The molecule has 0 saturated carbocycles. The number of ether oxygens (including phenoxy) is 2. The van der Waals surface area contributed by atoms with Gasteiger partial charge < -0.3 is 34.8 Å². The molecular formula is C32H40N8O4. The highest BCUT2D eigenvalue weighted by atomic mass is 16.5. The Labute approximate surface area is 257 Å². The molecule has 0 radical (unpaired) electrons. The normalized spacial score (nSPS) is 19.9. The summed E-state index contributed by atoms with van der Waals surface area (Å²) in [6, 6.07) is 14.4. The Hall–Kier alpha value is -4.13. The summed E-state index contributed by atoms with van der Waals surface area (Å²) in [5.41, 5.74) is 2.69. The quantitative estimate of drug-likeness (QED) is 0.436. The van der Waals surface area contributed by atoms with E-state index in [9.17, 15) is 9.59 Å². The maximum Gasteiger partial charge on any atom is 0.323 e. The predicted octanol–water partition coefficient (Wildman–Crippen LogP) is 3.69. The first-order valence-corrected chi connectivity index (χ1v) is 15.4. The first-order chi connectivity index (χ1) is 21.4. The van der Waals surface area contributed by atoms with E-state index < -0.39 is 0 Å². The number of likely N-dealkylation sites (N-methyl/N-ethyl adjacent to an activating group) is 1. The van der Waals surface area contributed by atoms with Crippen LogP contribution in [0.1, 0.15) is 41.9 Å². The van der Waals surface area contributed by atoms with Gasteiger partial charge >= 0.3 is 6.03 Å². The summed E-state index contributed by atoms with van der Waals surface area (Å²) >= 11 is 0. The minimum atomic E-state index is -0.374. The van der Waals surface area contributed by atoms with Gasteiger partial charge in [-0.05, 0) is 75.3 Å². The summed E-state index contributed by atoms with van der Waals surface area (Å²) in [7, 11) is 2.08. The maximum atomic E-state index is 12.9. The molecule has 1 atom stereocenters. The summed E-state index contributed by atoms with van der Waals surface area (Å²) in [6.07, 6.45) is 1.77. The molecule has 232 valence electrons. The van der Waals surface area contributed by atoms with Gasteiger partial charge in [0.05, 0.1) is 13.2 Å². The number of carbonyl (C=O) groups is 2. The highest BCUT2D eigenvalue weighted by molar-refractivity contribution is 6.00. The van der Waals surface area contributed by atoms with Crippen molar-refractivity contribution < 1.29 is 19.1 Å². The molecular weight excluding hydrogens is 560 g/mol. The molecule has 1 aromatic heterocycles. The molecule has 3 aliphatic rings. The minimum absolute atomic E-state index is 0.0103. The molecule has 4 heterocycles. The Morgan fingerprint density at radius 1 is 0.795 bits per heavy atom. The second-order valence-electron chi connectivity index (χ2n) is 11.6.